The zero-order chi connectivity index (χ0) is 17.4. The predicted molar refractivity (Wildman–Crippen MR) is 92.8 cm³/mol. The van der Waals surface area contributed by atoms with Crippen LogP contribution in [0.3, 0.4) is 0 Å². The van der Waals surface area contributed by atoms with Gasteiger partial charge in [-0.2, -0.15) is 0 Å². The minimum Gasteiger partial charge on any atom is -0.454 e. The number of halogens is 2. The van der Waals surface area contributed by atoms with Gasteiger partial charge in [-0.25, -0.2) is 4.98 Å². The lowest BCUT2D eigenvalue weighted by Crippen LogP contribution is -2.33. The topological polar surface area (TPSA) is 58.7 Å². The Balaban J connectivity index is 1.77. The Morgan fingerprint density at radius 3 is 3.00 bits per heavy atom. The molecule has 3 heterocycles. The average Bonchev–Trinajstić information content (AvgIpc) is 3.28. The molecule has 0 aliphatic carbocycles. The second-order valence-corrected chi connectivity index (χ2v) is 6.75. The number of nitrogens with zero attached hydrogens (tertiary/aromatic N) is 2. The zero-order valence-corrected chi connectivity index (χ0v) is 15.0. The Labute approximate surface area is 154 Å². The van der Waals surface area contributed by atoms with Crippen LogP contribution < -0.4 is 0 Å². The molecule has 0 amide bonds. The van der Waals surface area contributed by atoms with Crippen LogP contribution in [0.4, 0.5) is 0 Å². The van der Waals surface area contributed by atoms with Gasteiger partial charge in [-0.05, 0) is 18.2 Å². The van der Waals surface area contributed by atoms with E-state index in [0.717, 1.165) is 5.39 Å². The van der Waals surface area contributed by atoms with E-state index in [4.69, 9.17) is 41.8 Å². The van der Waals surface area contributed by atoms with Gasteiger partial charge in [-0.3, -0.25) is 0 Å². The van der Waals surface area contributed by atoms with E-state index in [1.807, 2.05) is 16.8 Å². The summed E-state index contributed by atoms with van der Waals surface area (Å²) < 4.78 is 25.3. The molecule has 0 spiro atoms. The lowest BCUT2D eigenvalue weighted by molar-refractivity contribution is -0.201. The van der Waals surface area contributed by atoms with Crippen LogP contribution >= 0.6 is 23.2 Å². The molecular weight excluding hydrogens is 367 g/mol. The fourth-order valence-electron chi connectivity index (χ4n) is 3.01. The van der Waals surface area contributed by atoms with Crippen LogP contribution in [-0.4, -0.2) is 36.0 Å². The van der Waals surface area contributed by atoms with Crippen molar-refractivity contribution in [2.45, 2.75) is 18.4 Å². The van der Waals surface area contributed by atoms with E-state index >= 15 is 0 Å². The van der Waals surface area contributed by atoms with Crippen molar-refractivity contribution in [1.29, 1.82) is 0 Å². The lowest BCUT2D eigenvalue weighted by atomic mass is 10.1. The molecule has 8 heteroatoms. The maximum Gasteiger partial charge on any atom is 0.247 e. The summed E-state index contributed by atoms with van der Waals surface area (Å²) in [6, 6.07) is 5.28. The van der Waals surface area contributed by atoms with Crippen LogP contribution in [0.5, 0.6) is 0 Å². The molecule has 0 saturated carbocycles. The van der Waals surface area contributed by atoms with Gasteiger partial charge in [0.15, 0.2) is 11.3 Å². The van der Waals surface area contributed by atoms with Crippen LogP contribution in [0, 0.1) is 0 Å². The van der Waals surface area contributed by atoms with Crippen LogP contribution in [0.2, 0.25) is 10.0 Å². The zero-order valence-electron chi connectivity index (χ0n) is 13.4. The smallest absolute Gasteiger partial charge is 0.247 e. The van der Waals surface area contributed by atoms with E-state index in [0.29, 0.717) is 41.1 Å². The van der Waals surface area contributed by atoms with Crippen LogP contribution in [0.25, 0.3) is 11.0 Å². The molecule has 2 unspecified atom stereocenters. The van der Waals surface area contributed by atoms with Crippen LogP contribution in [-0.2, 0) is 26.5 Å². The summed E-state index contributed by atoms with van der Waals surface area (Å²) in [5, 5.41) is 1.77. The summed E-state index contributed by atoms with van der Waals surface area (Å²) in [6.45, 7) is 1.21. The third kappa shape index (κ3) is 3.16. The number of furan rings is 1. The maximum absolute atomic E-state index is 6.25. The molecule has 0 bridgehead atoms. The van der Waals surface area contributed by atoms with Crippen molar-refractivity contribution in [2.24, 2.45) is 0 Å². The van der Waals surface area contributed by atoms with Gasteiger partial charge in [0.2, 0.25) is 5.79 Å². The number of imidazole rings is 1. The molecule has 4 rings (SSSR count). The third-order valence-electron chi connectivity index (χ3n) is 4.07. The lowest BCUT2D eigenvalue weighted by Gasteiger charge is -2.26. The quantitative estimate of drug-likeness (QED) is 0.670. The molecule has 132 valence electrons. The van der Waals surface area contributed by atoms with Gasteiger partial charge in [0.25, 0.3) is 0 Å². The molecule has 1 aliphatic rings. The Hall–Kier alpha value is -1.57. The van der Waals surface area contributed by atoms with Crippen molar-refractivity contribution in [3.05, 3.63) is 52.7 Å². The second-order valence-electron chi connectivity index (χ2n) is 5.91. The summed E-state index contributed by atoms with van der Waals surface area (Å²) >= 11 is 12.3. The highest BCUT2D eigenvalue weighted by atomic mass is 35.5. The second kappa shape index (κ2) is 6.63. The molecule has 1 saturated heterocycles. The number of methoxy groups -OCH3 is 1. The number of benzene rings is 1. The number of fused-ring (bicyclic) bond motifs is 1. The van der Waals surface area contributed by atoms with Crippen molar-refractivity contribution >= 4 is 34.2 Å². The average molecular weight is 383 g/mol. The molecule has 1 aliphatic heterocycles. The summed E-state index contributed by atoms with van der Waals surface area (Å²) in [7, 11) is 1.63. The number of hydrogen-bond donors (Lipinski definition) is 0. The van der Waals surface area contributed by atoms with Gasteiger partial charge in [-0.1, -0.05) is 23.2 Å². The number of aromatic nitrogens is 2. The van der Waals surface area contributed by atoms with Gasteiger partial charge >= 0.3 is 0 Å². The molecule has 3 aromatic rings. The largest absolute Gasteiger partial charge is 0.454 e. The molecule has 0 radical (unpaired) electrons. The first kappa shape index (κ1) is 16.9. The van der Waals surface area contributed by atoms with E-state index in [2.05, 4.69) is 4.98 Å². The molecular formula is C17H16Cl2N2O4. The maximum atomic E-state index is 6.25. The van der Waals surface area contributed by atoms with E-state index < -0.39 is 5.79 Å². The normalized spacial score (nSPS) is 23.6. The molecule has 1 fully saturated rings. The summed E-state index contributed by atoms with van der Waals surface area (Å²) in [6.07, 6.45) is 5.04. The Morgan fingerprint density at radius 1 is 1.36 bits per heavy atom. The van der Waals surface area contributed by atoms with Gasteiger partial charge in [0.05, 0.1) is 31.1 Å². The number of rotatable bonds is 5. The molecule has 1 aromatic carbocycles. The van der Waals surface area contributed by atoms with Crippen molar-refractivity contribution in [3.63, 3.8) is 0 Å². The molecule has 6 nitrogen and oxygen atoms in total. The first-order valence-electron chi connectivity index (χ1n) is 7.75. The Kier molecular flexibility index (Phi) is 4.47. The van der Waals surface area contributed by atoms with Crippen molar-refractivity contribution in [1.82, 2.24) is 9.55 Å². The molecule has 2 atom stereocenters. The number of ether oxygens (including phenoxy) is 3. The summed E-state index contributed by atoms with van der Waals surface area (Å²) in [4.78, 5) is 4.07. The van der Waals surface area contributed by atoms with E-state index in [9.17, 15) is 0 Å². The van der Waals surface area contributed by atoms with Crippen molar-refractivity contribution < 1.29 is 18.6 Å². The van der Waals surface area contributed by atoms with Crippen molar-refractivity contribution in [3.8, 4) is 0 Å². The molecule has 25 heavy (non-hydrogen) atoms. The minimum absolute atomic E-state index is 0.194. The highest BCUT2D eigenvalue weighted by Crippen LogP contribution is 2.41. The van der Waals surface area contributed by atoms with E-state index in [1.54, 1.807) is 31.8 Å². The van der Waals surface area contributed by atoms with Crippen LogP contribution in [0.15, 0.2) is 41.3 Å². The fraction of sp³-hybridized carbons (Fsp3) is 0.353. The van der Waals surface area contributed by atoms with Crippen molar-refractivity contribution in [2.75, 3.05) is 20.3 Å². The number of hydrogen-bond acceptors (Lipinski definition) is 5. The van der Waals surface area contributed by atoms with Gasteiger partial charge in [-0.15, -0.1) is 0 Å². The summed E-state index contributed by atoms with van der Waals surface area (Å²) in [5.41, 5.74) is 0.550. The van der Waals surface area contributed by atoms with Gasteiger partial charge in [0, 0.05) is 29.9 Å². The first-order chi connectivity index (χ1) is 12.1. The van der Waals surface area contributed by atoms with Crippen LogP contribution in [0.1, 0.15) is 5.76 Å². The van der Waals surface area contributed by atoms with Gasteiger partial charge in [0.1, 0.15) is 6.10 Å². The van der Waals surface area contributed by atoms with E-state index in [-0.39, 0.29) is 6.10 Å². The Bertz CT molecular complexity index is 880. The highest BCUT2D eigenvalue weighted by Gasteiger charge is 2.46. The molecule has 2 aromatic heterocycles. The van der Waals surface area contributed by atoms with E-state index in [1.165, 1.54) is 0 Å². The fourth-order valence-corrected chi connectivity index (χ4v) is 3.55. The minimum atomic E-state index is -1.08. The highest BCUT2D eigenvalue weighted by molar-refractivity contribution is 6.38. The first-order valence-corrected chi connectivity index (χ1v) is 8.51. The van der Waals surface area contributed by atoms with Gasteiger partial charge < -0.3 is 23.2 Å². The summed E-state index contributed by atoms with van der Waals surface area (Å²) in [5.74, 6) is -0.558. The monoisotopic (exact) mass is 382 g/mol. The Morgan fingerprint density at radius 2 is 2.24 bits per heavy atom. The predicted octanol–water partition coefficient (Wildman–Crippen LogP) is 3.85. The third-order valence-corrected chi connectivity index (χ3v) is 4.57. The SMILES string of the molecule is COCC1COC(Cn2ccnc2)(c2cc3cc(Cl)cc(Cl)c3o2)O1. The molecule has 0 N–H and O–H groups in total. The standard InChI is InChI=1S/C17H16Cl2N2O4/c1-22-7-13-8-23-17(25-13,9-21-3-2-20-10-21)15-5-11-4-12(18)6-14(19)16(11)24-15/h2-6,10,13H,7-9H2,1H3.